The number of thiophene rings is 1. The van der Waals surface area contributed by atoms with Gasteiger partial charge in [-0.1, -0.05) is 32.6 Å². The maximum atomic E-state index is 12.9. The largest absolute Gasteiger partial charge is 0.355 e. The average molecular weight is 387 g/mol. The van der Waals surface area contributed by atoms with E-state index in [0.717, 1.165) is 61.2 Å². The molecule has 27 heavy (non-hydrogen) atoms. The van der Waals surface area contributed by atoms with Gasteiger partial charge in [-0.2, -0.15) is 0 Å². The van der Waals surface area contributed by atoms with Crippen LogP contribution in [0.4, 0.5) is 5.82 Å². The first kappa shape index (κ1) is 18.7. The van der Waals surface area contributed by atoms with Gasteiger partial charge in [0.2, 0.25) is 5.91 Å². The molecule has 3 heterocycles. The fraction of sp³-hybridized carbons (Fsp3) is 0.667. The van der Waals surface area contributed by atoms with Crippen LogP contribution in [0.2, 0.25) is 0 Å². The van der Waals surface area contributed by atoms with Gasteiger partial charge in [0.1, 0.15) is 17.0 Å². The molecule has 0 spiro atoms. The van der Waals surface area contributed by atoms with E-state index in [1.54, 1.807) is 17.7 Å². The normalized spacial score (nSPS) is 22.0. The number of carbonyl (C=O) groups excluding carboxylic acids is 1. The Kier molecular flexibility index (Phi) is 5.91. The van der Waals surface area contributed by atoms with E-state index in [0.29, 0.717) is 6.04 Å². The monoisotopic (exact) mass is 386 g/mol. The lowest BCUT2D eigenvalue weighted by molar-refractivity contribution is -0.126. The maximum absolute atomic E-state index is 12.9. The van der Waals surface area contributed by atoms with Gasteiger partial charge < -0.3 is 10.2 Å². The molecule has 1 saturated carbocycles. The van der Waals surface area contributed by atoms with Gasteiger partial charge in [0, 0.05) is 24.0 Å². The van der Waals surface area contributed by atoms with E-state index in [2.05, 4.69) is 33.2 Å². The van der Waals surface area contributed by atoms with Crippen molar-refractivity contribution in [3.63, 3.8) is 0 Å². The van der Waals surface area contributed by atoms with Gasteiger partial charge in [-0.15, -0.1) is 11.3 Å². The van der Waals surface area contributed by atoms with Crippen molar-refractivity contribution in [2.24, 2.45) is 5.92 Å². The molecule has 1 saturated heterocycles. The van der Waals surface area contributed by atoms with Crippen LogP contribution >= 0.6 is 11.3 Å². The van der Waals surface area contributed by atoms with Crippen molar-refractivity contribution in [2.45, 2.75) is 70.8 Å². The molecule has 6 heteroatoms. The number of nitrogens with one attached hydrogen (secondary N) is 1. The molecule has 2 aromatic rings. The molecular formula is C21H30N4OS. The summed E-state index contributed by atoms with van der Waals surface area (Å²) < 4.78 is 0. The van der Waals surface area contributed by atoms with Gasteiger partial charge in [-0.25, -0.2) is 9.97 Å². The molecule has 4 rings (SSSR count). The average Bonchev–Trinajstić information content (AvgIpc) is 2.97. The molecular weight excluding hydrogens is 356 g/mol. The zero-order valence-electron chi connectivity index (χ0n) is 16.2. The summed E-state index contributed by atoms with van der Waals surface area (Å²) in [6.07, 6.45) is 12.1. The summed E-state index contributed by atoms with van der Waals surface area (Å²) in [5, 5.41) is 4.50. The fourth-order valence-electron chi connectivity index (χ4n) is 4.45. The van der Waals surface area contributed by atoms with Crippen LogP contribution in [0.1, 0.15) is 63.2 Å². The van der Waals surface area contributed by atoms with E-state index in [-0.39, 0.29) is 11.8 Å². The highest BCUT2D eigenvalue weighted by Gasteiger charge is 2.29. The second-order valence-corrected chi connectivity index (χ2v) is 9.08. The number of rotatable bonds is 4. The van der Waals surface area contributed by atoms with Crippen LogP contribution in [0, 0.1) is 5.92 Å². The zero-order valence-corrected chi connectivity index (χ0v) is 17.1. The SMILES string of the molecule is CCc1cc2c(N3CCCC(C(=O)NC4CCCCCC4)C3)ncnc2s1. The predicted molar refractivity (Wildman–Crippen MR) is 111 cm³/mol. The maximum Gasteiger partial charge on any atom is 0.225 e. The van der Waals surface area contributed by atoms with Gasteiger partial charge in [-0.05, 0) is 38.2 Å². The number of piperidine rings is 1. The zero-order chi connectivity index (χ0) is 18.6. The van der Waals surface area contributed by atoms with Gasteiger partial charge >= 0.3 is 0 Å². The van der Waals surface area contributed by atoms with Gasteiger partial charge in [0.15, 0.2) is 0 Å². The topological polar surface area (TPSA) is 58.1 Å². The van der Waals surface area contributed by atoms with Crippen LogP contribution in [-0.2, 0) is 11.2 Å². The smallest absolute Gasteiger partial charge is 0.225 e. The number of nitrogens with zero attached hydrogens (tertiary/aromatic N) is 3. The highest BCUT2D eigenvalue weighted by atomic mass is 32.1. The Morgan fingerprint density at radius 3 is 2.78 bits per heavy atom. The minimum atomic E-state index is 0.0660. The molecule has 1 N–H and O–H groups in total. The predicted octanol–water partition coefficient (Wildman–Crippen LogP) is 4.31. The molecule has 1 unspecified atom stereocenters. The minimum absolute atomic E-state index is 0.0660. The lowest BCUT2D eigenvalue weighted by atomic mass is 9.96. The number of aromatic nitrogens is 2. The molecule has 0 bridgehead atoms. The Balaban J connectivity index is 1.46. The second-order valence-electron chi connectivity index (χ2n) is 7.96. The summed E-state index contributed by atoms with van der Waals surface area (Å²) in [6.45, 7) is 3.91. The molecule has 1 aliphatic heterocycles. The number of carbonyl (C=O) groups is 1. The highest BCUT2D eigenvalue weighted by molar-refractivity contribution is 7.18. The third-order valence-corrected chi connectivity index (χ3v) is 7.19. The molecule has 2 aliphatic rings. The third kappa shape index (κ3) is 4.26. The molecule has 1 atom stereocenters. The summed E-state index contributed by atoms with van der Waals surface area (Å²) in [5.41, 5.74) is 0. The van der Waals surface area contributed by atoms with Gasteiger partial charge in [-0.3, -0.25) is 4.79 Å². The van der Waals surface area contributed by atoms with E-state index in [4.69, 9.17) is 0 Å². The molecule has 1 aliphatic carbocycles. The first-order valence-electron chi connectivity index (χ1n) is 10.5. The molecule has 0 aromatic carbocycles. The Morgan fingerprint density at radius 1 is 1.19 bits per heavy atom. The van der Waals surface area contributed by atoms with Crippen molar-refractivity contribution in [2.75, 3.05) is 18.0 Å². The summed E-state index contributed by atoms with van der Waals surface area (Å²) in [6, 6.07) is 2.61. The van der Waals surface area contributed by atoms with E-state index >= 15 is 0 Å². The van der Waals surface area contributed by atoms with Crippen LogP contribution in [0.15, 0.2) is 12.4 Å². The number of fused-ring (bicyclic) bond motifs is 1. The van der Waals surface area contributed by atoms with Crippen LogP contribution in [0.5, 0.6) is 0 Å². The minimum Gasteiger partial charge on any atom is -0.355 e. The number of aryl methyl sites for hydroxylation is 1. The van der Waals surface area contributed by atoms with Crippen molar-refractivity contribution in [3.8, 4) is 0 Å². The van der Waals surface area contributed by atoms with Crippen LogP contribution in [0.25, 0.3) is 10.2 Å². The Bertz CT molecular complexity index is 782. The van der Waals surface area contributed by atoms with E-state index in [9.17, 15) is 4.79 Å². The summed E-state index contributed by atoms with van der Waals surface area (Å²) in [4.78, 5) is 26.6. The Hall–Kier alpha value is -1.69. The number of anilines is 1. The van der Waals surface area contributed by atoms with Crippen molar-refractivity contribution >= 4 is 33.3 Å². The van der Waals surface area contributed by atoms with Crippen molar-refractivity contribution in [1.82, 2.24) is 15.3 Å². The third-order valence-electron chi connectivity index (χ3n) is 6.00. The van der Waals surface area contributed by atoms with Crippen LogP contribution in [0.3, 0.4) is 0 Å². The standard InChI is InChI=1S/C21H30N4OS/c1-2-17-12-18-19(22-14-23-21(18)27-17)25-11-7-8-15(13-25)20(26)24-16-9-5-3-4-6-10-16/h12,14-16H,2-11,13H2,1H3,(H,24,26). The lowest BCUT2D eigenvalue weighted by Gasteiger charge is -2.33. The van der Waals surface area contributed by atoms with E-state index in [1.807, 2.05) is 0 Å². The van der Waals surface area contributed by atoms with Crippen molar-refractivity contribution in [3.05, 3.63) is 17.3 Å². The number of amides is 1. The second kappa shape index (κ2) is 8.55. The highest BCUT2D eigenvalue weighted by Crippen LogP contribution is 2.32. The van der Waals surface area contributed by atoms with Gasteiger partial charge in [0.05, 0.1) is 11.3 Å². The molecule has 0 radical (unpaired) electrons. The quantitative estimate of drug-likeness (QED) is 0.796. The Labute approximate surface area is 165 Å². The summed E-state index contributed by atoms with van der Waals surface area (Å²) in [5.74, 6) is 1.32. The molecule has 2 aromatic heterocycles. The van der Waals surface area contributed by atoms with Crippen molar-refractivity contribution in [1.29, 1.82) is 0 Å². The first-order chi connectivity index (χ1) is 13.2. The molecule has 5 nitrogen and oxygen atoms in total. The number of hydrogen-bond donors (Lipinski definition) is 1. The lowest BCUT2D eigenvalue weighted by Crippen LogP contribution is -2.46. The molecule has 2 fully saturated rings. The van der Waals surface area contributed by atoms with Crippen LogP contribution in [-0.4, -0.2) is 35.0 Å². The molecule has 1 amide bonds. The summed E-state index contributed by atoms with van der Waals surface area (Å²) in [7, 11) is 0. The van der Waals surface area contributed by atoms with Gasteiger partial charge in [0.25, 0.3) is 0 Å². The first-order valence-corrected chi connectivity index (χ1v) is 11.3. The Morgan fingerprint density at radius 2 is 2.00 bits per heavy atom. The van der Waals surface area contributed by atoms with Crippen molar-refractivity contribution < 1.29 is 4.79 Å². The fourth-order valence-corrected chi connectivity index (χ4v) is 5.37. The number of hydrogen-bond acceptors (Lipinski definition) is 5. The summed E-state index contributed by atoms with van der Waals surface area (Å²) >= 11 is 1.75. The van der Waals surface area contributed by atoms with Crippen LogP contribution < -0.4 is 10.2 Å². The molecule has 146 valence electrons. The van der Waals surface area contributed by atoms with E-state index in [1.165, 1.54) is 30.6 Å². The van der Waals surface area contributed by atoms with E-state index < -0.39 is 0 Å².